The number of halogens is 2. The predicted molar refractivity (Wildman–Crippen MR) is 86.6 cm³/mol. The van der Waals surface area contributed by atoms with Crippen molar-refractivity contribution in [3.63, 3.8) is 0 Å². The summed E-state index contributed by atoms with van der Waals surface area (Å²) in [5, 5.41) is 8.82. The van der Waals surface area contributed by atoms with Crippen LogP contribution in [-0.4, -0.2) is 26.2 Å². The summed E-state index contributed by atoms with van der Waals surface area (Å²) >= 11 is 0. The van der Waals surface area contributed by atoms with Crippen molar-refractivity contribution in [3.05, 3.63) is 59.7 Å². The second kappa shape index (κ2) is 6.66. The van der Waals surface area contributed by atoms with E-state index < -0.39 is 0 Å². The van der Waals surface area contributed by atoms with E-state index in [9.17, 15) is 8.78 Å². The molecule has 5 heteroatoms. The van der Waals surface area contributed by atoms with Gasteiger partial charge in [0.1, 0.15) is 11.6 Å². The summed E-state index contributed by atoms with van der Waals surface area (Å²) in [5.41, 5.74) is 1.84. The number of anilines is 2. The monoisotopic (exact) mass is 313 g/mol. The zero-order chi connectivity index (χ0) is 16.2. The summed E-state index contributed by atoms with van der Waals surface area (Å²) in [5.74, 6) is -0.607. The fraction of sp³-hybridized carbons (Fsp3) is 0.278. The largest absolute Gasteiger partial charge is 0.370 e. The normalized spacial score (nSPS) is 15.2. The summed E-state index contributed by atoms with van der Waals surface area (Å²) in [6.07, 6.45) is 0.886. The molecule has 0 amide bonds. The van der Waals surface area contributed by atoms with Crippen LogP contribution in [0.3, 0.4) is 0 Å². The Morgan fingerprint density at radius 3 is 2.26 bits per heavy atom. The minimum absolute atomic E-state index is 0.246. The van der Waals surface area contributed by atoms with Crippen LogP contribution in [0.1, 0.15) is 12.0 Å². The number of hydrogen-bond donors (Lipinski definition) is 0. The van der Waals surface area contributed by atoms with E-state index in [0.29, 0.717) is 17.8 Å². The Morgan fingerprint density at radius 1 is 0.870 bits per heavy atom. The molecule has 1 heterocycles. The number of hydrogen-bond acceptors (Lipinski definition) is 3. The second-order valence-electron chi connectivity index (χ2n) is 5.58. The maximum atomic E-state index is 14.2. The molecular formula is C18H17F2N3. The molecule has 1 aliphatic heterocycles. The zero-order valence-corrected chi connectivity index (χ0v) is 12.7. The quantitative estimate of drug-likeness (QED) is 0.849. The van der Waals surface area contributed by atoms with Gasteiger partial charge in [-0.3, -0.25) is 0 Å². The summed E-state index contributed by atoms with van der Waals surface area (Å²) < 4.78 is 27.2. The Bertz CT molecular complexity index is 722. The number of rotatable bonds is 2. The van der Waals surface area contributed by atoms with Crippen LogP contribution in [0.15, 0.2) is 42.5 Å². The minimum Gasteiger partial charge on any atom is -0.370 e. The van der Waals surface area contributed by atoms with E-state index >= 15 is 0 Å². The van der Waals surface area contributed by atoms with E-state index in [-0.39, 0.29) is 11.6 Å². The van der Waals surface area contributed by atoms with Crippen molar-refractivity contribution in [2.45, 2.75) is 6.42 Å². The van der Waals surface area contributed by atoms with Crippen LogP contribution in [0.4, 0.5) is 20.2 Å². The zero-order valence-electron chi connectivity index (χ0n) is 12.7. The van der Waals surface area contributed by atoms with Crippen LogP contribution in [0, 0.1) is 23.0 Å². The third kappa shape index (κ3) is 3.42. The average molecular weight is 313 g/mol. The van der Waals surface area contributed by atoms with Crippen LogP contribution >= 0.6 is 0 Å². The highest BCUT2D eigenvalue weighted by Crippen LogP contribution is 2.23. The first kappa shape index (κ1) is 15.3. The molecule has 3 rings (SSSR count). The molecule has 2 aromatic rings. The van der Waals surface area contributed by atoms with Crippen molar-refractivity contribution in [1.29, 1.82) is 5.26 Å². The standard InChI is InChI=1S/C18H17F2N3/c19-15-3-5-16(6-4-15)22-8-1-9-23(11-10-22)18-7-2-14(13-21)12-17(18)20/h2-7,12H,1,8-11H2. The molecule has 0 aliphatic carbocycles. The van der Waals surface area contributed by atoms with Gasteiger partial charge in [0.2, 0.25) is 0 Å². The molecule has 0 bridgehead atoms. The molecule has 118 valence electrons. The molecular weight excluding hydrogens is 296 g/mol. The first-order chi connectivity index (χ1) is 11.2. The van der Waals surface area contributed by atoms with Crippen molar-refractivity contribution in [3.8, 4) is 6.07 Å². The van der Waals surface area contributed by atoms with Crippen molar-refractivity contribution in [1.82, 2.24) is 0 Å². The first-order valence-electron chi connectivity index (χ1n) is 7.62. The maximum Gasteiger partial charge on any atom is 0.147 e. The van der Waals surface area contributed by atoms with E-state index in [1.807, 2.05) is 11.0 Å². The molecule has 0 saturated carbocycles. The molecule has 3 nitrogen and oxygen atoms in total. The smallest absolute Gasteiger partial charge is 0.147 e. The van der Waals surface area contributed by atoms with E-state index in [0.717, 1.165) is 31.7 Å². The lowest BCUT2D eigenvalue weighted by Gasteiger charge is -2.25. The van der Waals surface area contributed by atoms with Gasteiger partial charge in [0.15, 0.2) is 0 Å². The maximum absolute atomic E-state index is 14.2. The molecule has 1 aliphatic rings. The Kier molecular flexibility index (Phi) is 4.42. The van der Waals surface area contributed by atoms with Gasteiger partial charge in [0.05, 0.1) is 17.3 Å². The molecule has 0 radical (unpaired) electrons. The summed E-state index contributed by atoms with van der Waals surface area (Å²) in [4.78, 5) is 4.18. The second-order valence-corrected chi connectivity index (χ2v) is 5.58. The van der Waals surface area contributed by atoms with Crippen LogP contribution in [-0.2, 0) is 0 Å². The fourth-order valence-corrected chi connectivity index (χ4v) is 2.90. The molecule has 0 aromatic heterocycles. The van der Waals surface area contributed by atoms with Gasteiger partial charge in [0.25, 0.3) is 0 Å². The van der Waals surface area contributed by atoms with Gasteiger partial charge in [-0.2, -0.15) is 5.26 Å². The van der Waals surface area contributed by atoms with Gasteiger partial charge in [-0.05, 0) is 48.9 Å². The molecule has 0 spiro atoms. The van der Waals surface area contributed by atoms with Gasteiger partial charge in [0, 0.05) is 31.9 Å². The van der Waals surface area contributed by atoms with Crippen molar-refractivity contribution in [2.75, 3.05) is 36.0 Å². The number of nitriles is 1. The first-order valence-corrected chi connectivity index (χ1v) is 7.62. The van der Waals surface area contributed by atoms with Gasteiger partial charge in [-0.25, -0.2) is 8.78 Å². The highest BCUT2D eigenvalue weighted by atomic mass is 19.1. The average Bonchev–Trinajstić information content (AvgIpc) is 2.81. The highest BCUT2D eigenvalue weighted by molar-refractivity contribution is 5.53. The van der Waals surface area contributed by atoms with E-state index in [4.69, 9.17) is 5.26 Å². The summed E-state index contributed by atoms with van der Waals surface area (Å²) in [7, 11) is 0. The third-order valence-corrected chi connectivity index (χ3v) is 4.11. The molecule has 0 N–H and O–H groups in total. The van der Waals surface area contributed by atoms with Crippen molar-refractivity contribution >= 4 is 11.4 Å². The topological polar surface area (TPSA) is 30.3 Å². The molecule has 2 aromatic carbocycles. The van der Waals surface area contributed by atoms with Gasteiger partial charge in [-0.1, -0.05) is 0 Å². The lowest BCUT2D eigenvalue weighted by Crippen LogP contribution is -2.31. The Hall–Kier alpha value is -2.61. The number of nitrogens with zero attached hydrogens (tertiary/aromatic N) is 3. The highest BCUT2D eigenvalue weighted by Gasteiger charge is 2.18. The Morgan fingerprint density at radius 2 is 1.57 bits per heavy atom. The predicted octanol–water partition coefficient (Wildman–Crippen LogP) is 3.55. The molecule has 23 heavy (non-hydrogen) atoms. The number of benzene rings is 2. The summed E-state index contributed by atoms with van der Waals surface area (Å²) in [6.45, 7) is 3.02. The Labute approximate surface area is 134 Å². The summed E-state index contributed by atoms with van der Waals surface area (Å²) in [6, 6.07) is 13.0. The van der Waals surface area contributed by atoms with Gasteiger partial charge < -0.3 is 9.80 Å². The van der Waals surface area contributed by atoms with E-state index in [1.165, 1.54) is 18.2 Å². The SMILES string of the molecule is N#Cc1ccc(N2CCCN(c3ccc(F)cc3)CC2)c(F)c1. The lowest BCUT2D eigenvalue weighted by molar-refractivity contribution is 0.618. The van der Waals surface area contributed by atoms with E-state index in [1.54, 1.807) is 24.3 Å². The van der Waals surface area contributed by atoms with Crippen LogP contribution in [0.5, 0.6) is 0 Å². The third-order valence-electron chi connectivity index (χ3n) is 4.11. The van der Waals surface area contributed by atoms with Crippen LogP contribution in [0.2, 0.25) is 0 Å². The lowest BCUT2D eigenvalue weighted by atomic mass is 10.2. The van der Waals surface area contributed by atoms with E-state index in [2.05, 4.69) is 4.90 Å². The van der Waals surface area contributed by atoms with Crippen LogP contribution < -0.4 is 9.80 Å². The fourth-order valence-electron chi connectivity index (χ4n) is 2.90. The minimum atomic E-state index is -0.362. The molecule has 0 unspecified atom stereocenters. The molecule has 0 atom stereocenters. The van der Waals surface area contributed by atoms with Crippen LogP contribution in [0.25, 0.3) is 0 Å². The van der Waals surface area contributed by atoms with Gasteiger partial charge >= 0.3 is 0 Å². The van der Waals surface area contributed by atoms with Crippen molar-refractivity contribution < 1.29 is 8.78 Å². The molecule has 1 saturated heterocycles. The van der Waals surface area contributed by atoms with Crippen molar-refractivity contribution in [2.24, 2.45) is 0 Å². The Balaban J connectivity index is 1.73. The van der Waals surface area contributed by atoms with Gasteiger partial charge in [-0.15, -0.1) is 0 Å². The molecule has 1 fully saturated rings.